The van der Waals surface area contributed by atoms with Crippen LogP contribution in [0.5, 0.6) is 0 Å². The predicted molar refractivity (Wildman–Crippen MR) is 69.6 cm³/mol. The largest absolute Gasteiger partial charge is 0.348 e. The lowest BCUT2D eigenvalue weighted by Gasteiger charge is -2.08. The fourth-order valence-corrected chi connectivity index (χ4v) is 3.49. The van der Waals surface area contributed by atoms with E-state index in [9.17, 15) is 0 Å². The van der Waals surface area contributed by atoms with E-state index in [0.717, 1.165) is 6.42 Å². The van der Waals surface area contributed by atoms with E-state index in [1.165, 1.54) is 36.3 Å². The molecule has 2 nitrogen and oxygen atoms in total. The maximum atomic E-state index is 4.05. The number of H-pyrrole nitrogens is 1. The van der Waals surface area contributed by atoms with Gasteiger partial charge in [0.2, 0.25) is 0 Å². The molecule has 2 aromatic rings. The molecule has 1 aliphatic carbocycles. The number of nitrogens with zero attached hydrogens (tertiary/aromatic N) is 1. The zero-order chi connectivity index (χ0) is 10.1. The summed E-state index contributed by atoms with van der Waals surface area (Å²) in [7, 11) is 0. The molecular formula is C12H15ClN2S. The van der Waals surface area contributed by atoms with Crippen molar-refractivity contribution in [1.82, 2.24) is 9.97 Å². The number of aryl methyl sites for hydroxylation is 2. The first kappa shape index (κ1) is 11.7. The van der Waals surface area contributed by atoms with Crippen LogP contribution in [0.4, 0.5) is 0 Å². The van der Waals surface area contributed by atoms with Gasteiger partial charge in [0.05, 0.1) is 6.33 Å². The van der Waals surface area contributed by atoms with Crippen molar-refractivity contribution in [1.29, 1.82) is 0 Å². The van der Waals surface area contributed by atoms with Crippen molar-refractivity contribution in [2.75, 3.05) is 0 Å². The van der Waals surface area contributed by atoms with Crippen LogP contribution in [0, 0.1) is 0 Å². The quantitative estimate of drug-likeness (QED) is 0.875. The molecule has 16 heavy (non-hydrogen) atoms. The Morgan fingerprint density at radius 3 is 2.94 bits per heavy atom. The third kappa shape index (κ3) is 2.30. The van der Waals surface area contributed by atoms with Crippen LogP contribution in [0.25, 0.3) is 0 Å². The molecule has 0 aromatic carbocycles. The van der Waals surface area contributed by atoms with Crippen LogP contribution in [-0.4, -0.2) is 9.97 Å². The van der Waals surface area contributed by atoms with E-state index in [1.807, 2.05) is 17.5 Å². The minimum atomic E-state index is 0. The lowest BCUT2D eigenvalue weighted by Crippen LogP contribution is -1.96. The van der Waals surface area contributed by atoms with Crippen LogP contribution in [0.3, 0.4) is 0 Å². The number of hydrogen-bond acceptors (Lipinski definition) is 2. The van der Waals surface area contributed by atoms with Crippen LogP contribution in [-0.2, 0) is 19.3 Å². The van der Waals surface area contributed by atoms with E-state index >= 15 is 0 Å². The van der Waals surface area contributed by atoms with Crippen molar-refractivity contribution in [3.8, 4) is 0 Å². The van der Waals surface area contributed by atoms with Gasteiger partial charge in [0.15, 0.2) is 0 Å². The van der Waals surface area contributed by atoms with E-state index in [2.05, 4.69) is 16.0 Å². The molecule has 86 valence electrons. The fourth-order valence-electron chi connectivity index (χ4n) is 2.21. The predicted octanol–water partition coefficient (Wildman–Crippen LogP) is 3.36. The smallest absolute Gasteiger partial charge is 0.0921 e. The Labute approximate surface area is 106 Å². The summed E-state index contributed by atoms with van der Waals surface area (Å²) in [5, 5.41) is 0. The summed E-state index contributed by atoms with van der Waals surface area (Å²) in [4.78, 5) is 10.3. The number of nitrogens with one attached hydrogen (secondary N) is 1. The molecule has 2 heterocycles. The summed E-state index contributed by atoms with van der Waals surface area (Å²) in [6.45, 7) is 0. The lowest BCUT2D eigenvalue weighted by molar-refractivity contribution is 0.697. The molecule has 2 aromatic heterocycles. The Bertz CT molecular complexity index is 424. The molecule has 0 bridgehead atoms. The number of aromatic nitrogens is 2. The maximum absolute atomic E-state index is 4.05. The molecule has 0 spiro atoms. The number of aromatic amines is 1. The first-order chi connectivity index (χ1) is 7.42. The van der Waals surface area contributed by atoms with Crippen LogP contribution in [0.15, 0.2) is 18.6 Å². The van der Waals surface area contributed by atoms with Gasteiger partial charge in [0, 0.05) is 28.1 Å². The Morgan fingerprint density at radius 1 is 1.31 bits per heavy atom. The molecule has 3 rings (SSSR count). The minimum Gasteiger partial charge on any atom is -0.348 e. The molecule has 0 saturated heterocycles. The van der Waals surface area contributed by atoms with Gasteiger partial charge >= 0.3 is 0 Å². The Balaban J connectivity index is 0.000000963. The zero-order valence-electron chi connectivity index (χ0n) is 9.03. The average molecular weight is 255 g/mol. The van der Waals surface area contributed by atoms with Crippen LogP contribution in [0.1, 0.15) is 33.9 Å². The molecule has 0 amide bonds. The summed E-state index contributed by atoms with van der Waals surface area (Å²) in [6, 6.07) is 2.39. The molecule has 0 unspecified atom stereocenters. The molecule has 0 fully saturated rings. The Kier molecular flexibility index (Phi) is 3.66. The van der Waals surface area contributed by atoms with Crippen LogP contribution < -0.4 is 0 Å². The summed E-state index contributed by atoms with van der Waals surface area (Å²) < 4.78 is 0. The molecule has 4 heteroatoms. The molecule has 0 saturated carbocycles. The fraction of sp³-hybridized carbons (Fsp3) is 0.417. The number of rotatable bonds is 2. The summed E-state index contributed by atoms with van der Waals surface area (Å²) in [5.74, 6) is 0. The summed E-state index contributed by atoms with van der Waals surface area (Å²) >= 11 is 1.99. The monoisotopic (exact) mass is 254 g/mol. The molecule has 0 atom stereocenters. The van der Waals surface area contributed by atoms with E-state index < -0.39 is 0 Å². The van der Waals surface area contributed by atoms with Crippen LogP contribution >= 0.6 is 23.7 Å². The number of thiophene rings is 1. The Hall–Kier alpha value is -0.800. The summed E-state index contributed by atoms with van der Waals surface area (Å²) in [5.41, 5.74) is 2.81. The Morgan fingerprint density at radius 2 is 2.19 bits per heavy atom. The van der Waals surface area contributed by atoms with E-state index in [1.54, 1.807) is 16.8 Å². The van der Waals surface area contributed by atoms with Crippen LogP contribution in [0.2, 0.25) is 0 Å². The number of hydrogen-bond donors (Lipinski definition) is 1. The average Bonchev–Trinajstić information content (AvgIpc) is 2.86. The lowest BCUT2D eigenvalue weighted by atomic mass is 9.99. The van der Waals surface area contributed by atoms with Crippen molar-refractivity contribution in [2.24, 2.45) is 0 Å². The molecular weight excluding hydrogens is 240 g/mol. The topological polar surface area (TPSA) is 28.7 Å². The van der Waals surface area contributed by atoms with Gasteiger partial charge in [0.25, 0.3) is 0 Å². The second kappa shape index (κ2) is 5.02. The molecule has 1 aliphatic rings. The third-order valence-corrected chi connectivity index (χ3v) is 4.20. The van der Waals surface area contributed by atoms with Crippen molar-refractivity contribution in [2.45, 2.75) is 32.1 Å². The standard InChI is InChI=1S/C12H14N2S.ClH/c1-2-4-12-9(3-1)5-11(15-12)6-10-7-13-8-14-10;/h5,7-8H,1-4,6H2,(H,13,14);1H. The molecule has 0 aliphatic heterocycles. The highest BCUT2D eigenvalue weighted by Gasteiger charge is 2.13. The summed E-state index contributed by atoms with van der Waals surface area (Å²) in [6.07, 6.45) is 10.0. The van der Waals surface area contributed by atoms with E-state index in [0.29, 0.717) is 0 Å². The number of imidazole rings is 1. The van der Waals surface area contributed by atoms with Gasteiger partial charge in [-0.2, -0.15) is 0 Å². The molecule has 1 N–H and O–H groups in total. The second-order valence-electron chi connectivity index (χ2n) is 4.12. The van der Waals surface area contributed by atoms with Gasteiger partial charge in [-0.3, -0.25) is 0 Å². The highest BCUT2D eigenvalue weighted by molar-refractivity contribution is 7.12. The highest BCUT2D eigenvalue weighted by Crippen LogP contribution is 2.30. The number of fused-ring (bicyclic) bond motifs is 1. The zero-order valence-corrected chi connectivity index (χ0v) is 10.7. The van der Waals surface area contributed by atoms with E-state index in [-0.39, 0.29) is 12.4 Å². The third-order valence-electron chi connectivity index (χ3n) is 2.97. The van der Waals surface area contributed by atoms with Crippen molar-refractivity contribution < 1.29 is 0 Å². The van der Waals surface area contributed by atoms with Gasteiger partial charge in [0.1, 0.15) is 0 Å². The van der Waals surface area contributed by atoms with Crippen molar-refractivity contribution in [3.63, 3.8) is 0 Å². The minimum absolute atomic E-state index is 0. The first-order valence-electron chi connectivity index (χ1n) is 5.49. The normalized spacial score (nSPS) is 14.2. The first-order valence-corrected chi connectivity index (χ1v) is 6.31. The molecule has 0 radical (unpaired) electrons. The second-order valence-corrected chi connectivity index (χ2v) is 5.34. The van der Waals surface area contributed by atoms with Gasteiger partial charge in [-0.1, -0.05) is 0 Å². The highest BCUT2D eigenvalue weighted by atomic mass is 35.5. The van der Waals surface area contributed by atoms with Crippen molar-refractivity contribution in [3.05, 3.63) is 39.6 Å². The van der Waals surface area contributed by atoms with E-state index in [4.69, 9.17) is 0 Å². The van der Waals surface area contributed by atoms with Gasteiger partial charge in [-0.15, -0.1) is 23.7 Å². The maximum Gasteiger partial charge on any atom is 0.0921 e. The SMILES string of the molecule is Cl.c1ncc(Cc2cc3c(s2)CCCC3)[nH]1. The van der Waals surface area contributed by atoms with Crippen molar-refractivity contribution >= 4 is 23.7 Å². The van der Waals surface area contributed by atoms with Gasteiger partial charge in [-0.25, -0.2) is 4.98 Å². The number of halogens is 1. The van der Waals surface area contributed by atoms with Gasteiger partial charge < -0.3 is 4.98 Å². The van der Waals surface area contributed by atoms with Gasteiger partial charge in [-0.05, 0) is 37.3 Å².